The largest absolute Gasteiger partial charge is 0.449 e. The lowest BCUT2D eigenvalue weighted by Crippen LogP contribution is -2.36. The fraction of sp³-hybridized carbons (Fsp3) is 0.208. The molecule has 0 atom stereocenters. The molecule has 4 rings (SSSR count). The lowest BCUT2D eigenvalue weighted by Gasteiger charge is -2.26. The summed E-state index contributed by atoms with van der Waals surface area (Å²) in [6, 6.07) is 11.4. The van der Waals surface area contributed by atoms with Crippen LogP contribution in [-0.2, 0) is 28.9 Å². The van der Waals surface area contributed by atoms with Gasteiger partial charge in [0.25, 0.3) is 0 Å². The monoisotopic (exact) mass is 459 g/mol. The molecule has 3 aromatic rings. The first-order valence-electron chi connectivity index (χ1n) is 10.4. The van der Waals surface area contributed by atoms with Crippen LogP contribution in [0.2, 0.25) is 0 Å². The van der Waals surface area contributed by atoms with Gasteiger partial charge in [-0.15, -0.1) is 11.3 Å². The molecule has 0 aromatic carbocycles. The Hall–Kier alpha value is -4.03. The highest BCUT2D eigenvalue weighted by Gasteiger charge is 2.28. The van der Waals surface area contributed by atoms with E-state index in [2.05, 4.69) is 21.4 Å². The Labute approximate surface area is 195 Å². The number of nitriles is 1. The van der Waals surface area contributed by atoms with E-state index in [4.69, 9.17) is 4.74 Å². The lowest BCUT2D eigenvalue weighted by molar-refractivity contribution is -0.111. The van der Waals surface area contributed by atoms with Crippen molar-refractivity contribution < 1.29 is 14.3 Å². The van der Waals surface area contributed by atoms with Crippen LogP contribution in [-0.4, -0.2) is 40.0 Å². The predicted octanol–water partition coefficient (Wildman–Crippen LogP) is 3.80. The molecule has 0 fully saturated rings. The van der Waals surface area contributed by atoms with E-state index in [1.54, 1.807) is 35.6 Å². The molecule has 8 nitrogen and oxygen atoms in total. The minimum Gasteiger partial charge on any atom is -0.449 e. The van der Waals surface area contributed by atoms with Crippen LogP contribution in [0.15, 0.2) is 55.0 Å². The van der Waals surface area contributed by atoms with E-state index in [1.807, 2.05) is 24.3 Å². The van der Waals surface area contributed by atoms with E-state index in [0.717, 1.165) is 21.7 Å². The number of nitrogens with one attached hydrogen (secondary N) is 1. The van der Waals surface area contributed by atoms with Crippen LogP contribution in [0, 0.1) is 11.3 Å². The van der Waals surface area contributed by atoms with Crippen molar-refractivity contribution in [1.29, 1.82) is 5.26 Å². The van der Waals surface area contributed by atoms with Crippen molar-refractivity contribution in [3.8, 4) is 6.07 Å². The summed E-state index contributed by atoms with van der Waals surface area (Å²) in [5.74, 6) is -0.334. The Balaban J connectivity index is 1.37. The van der Waals surface area contributed by atoms with Crippen molar-refractivity contribution in [3.63, 3.8) is 0 Å². The standard InChI is InChI=1S/C24H21N5O3S/c25-14-20-19-8-12-29(24(31)32-13-9-18-5-1-2-11-27-18)16-21(19)33-23(20)28-22(30)7-6-17-4-3-10-26-15-17/h1-7,10-11,15H,8-9,12-13,16H2,(H,28,30). The Bertz CT molecular complexity index is 1200. The summed E-state index contributed by atoms with van der Waals surface area (Å²) in [4.78, 5) is 35.6. The van der Waals surface area contributed by atoms with E-state index >= 15 is 0 Å². The van der Waals surface area contributed by atoms with E-state index in [0.29, 0.717) is 36.5 Å². The number of carbonyl (C=O) groups excluding carboxylic acids is 2. The maximum Gasteiger partial charge on any atom is 0.410 e. The minimum absolute atomic E-state index is 0.248. The van der Waals surface area contributed by atoms with Gasteiger partial charge >= 0.3 is 6.09 Å². The molecule has 0 saturated heterocycles. The van der Waals surface area contributed by atoms with Crippen LogP contribution in [0.3, 0.4) is 0 Å². The van der Waals surface area contributed by atoms with Crippen molar-refractivity contribution in [1.82, 2.24) is 14.9 Å². The summed E-state index contributed by atoms with van der Waals surface area (Å²) in [6.45, 7) is 1.05. The number of nitrogens with zero attached hydrogens (tertiary/aromatic N) is 4. The predicted molar refractivity (Wildman–Crippen MR) is 124 cm³/mol. The number of fused-ring (bicyclic) bond motifs is 1. The zero-order valence-electron chi connectivity index (χ0n) is 17.7. The molecule has 2 amide bonds. The van der Waals surface area contributed by atoms with E-state index in [9.17, 15) is 14.9 Å². The molecule has 0 saturated carbocycles. The van der Waals surface area contributed by atoms with Gasteiger partial charge in [-0.1, -0.05) is 12.1 Å². The van der Waals surface area contributed by atoms with E-state index in [1.165, 1.54) is 17.4 Å². The molecule has 3 aromatic heterocycles. The number of thiophene rings is 1. The van der Waals surface area contributed by atoms with Crippen molar-refractivity contribution >= 4 is 34.4 Å². The van der Waals surface area contributed by atoms with Crippen LogP contribution < -0.4 is 5.32 Å². The summed E-state index contributed by atoms with van der Waals surface area (Å²) in [7, 11) is 0. The quantitative estimate of drug-likeness (QED) is 0.562. The molecule has 1 aliphatic heterocycles. The third kappa shape index (κ3) is 5.61. The van der Waals surface area contributed by atoms with Crippen LogP contribution in [0.5, 0.6) is 0 Å². The number of hydrogen-bond acceptors (Lipinski definition) is 7. The van der Waals surface area contributed by atoms with E-state index in [-0.39, 0.29) is 12.5 Å². The van der Waals surface area contributed by atoms with Gasteiger partial charge in [0, 0.05) is 48.2 Å². The van der Waals surface area contributed by atoms with Gasteiger partial charge in [-0.25, -0.2) is 4.79 Å². The smallest absolute Gasteiger partial charge is 0.410 e. The zero-order valence-corrected chi connectivity index (χ0v) is 18.5. The number of aromatic nitrogens is 2. The second kappa shape index (κ2) is 10.5. The first kappa shape index (κ1) is 22.2. The molecule has 0 aliphatic carbocycles. The molecule has 4 heterocycles. The van der Waals surface area contributed by atoms with Crippen molar-refractivity contribution in [2.24, 2.45) is 0 Å². The number of amides is 2. The highest BCUT2D eigenvalue weighted by atomic mass is 32.1. The third-order valence-electron chi connectivity index (χ3n) is 5.09. The van der Waals surface area contributed by atoms with Gasteiger partial charge in [0.1, 0.15) is 11.1 Å². The summed E-state index contributed by atoms with van der Waals surface area (Å²) < 4.78 is 5.41. The summed E-state index contributed by atoms with van der Waals surface area (Å²) in [5, 5.41) is 12.9. The fourth-order valence-corrected chi connectivity index (χ4v) is 4.66. The van der Waals surface area contributed by atoms with Crippen molar-refractivity contribution in [2.75, 3.05) is 18.5 Å². The normalized spacial score (nSPS) is 12.8. The maximum atomic E-state index is 12.5. The Morgan fingerprint density at radius 3 is 2.94 bits per heavy atom. The number of hydrogen-bond donors (Lipinski definition) is 1. The molecule has 9 heteroatoms. The average molecular weight is 460 g/mol. The van der Waals surface area contributed by atoms with Crippen LogP contribution in [0.1, 0.15) is 27.3 Å². The molecule has 0 spiro atoms. The van der Waals surface area contributed by atoms with Crippen LogP contribution >= 0.6 is 11.3 Å². The second-order valence-corrected chi connectivity index (χ2v) is 8.39. The van der Waals surface area contributed by atoms with Gasteiger partial charge in [0.05, 0.1) is 18.7 Å². The highest BCUT2D eigenvalue weighted by Crippen LogP contribution is 2.36. The number of rotatable bonds is 6. The van der Waals surface area contributed by atoms with Gasteiger partial charge in [-0.05, 0) is 41.8 Å². The van der Waals surface area contributed by atoms with Crippen molar-refractivity contribution in [2.45, 2.75) is 19.4 Å². The summed E-state index contributed by atoms with van der Waals surface area (Å²) in [6.07, 6.45) is 8.76. The molecule has 166 valence electrons. The third-order valence-corrected chi connectivity index (χ3v) is 6.22. The number of carbonyl (C=O) groups is 2. The summed E-state index contributed by atoms with van der Waals surface area (Å²) in [5.41, 5.74) is 3.00. The molecule has 33 heavy (non-hydrogen) atoms. The summed E-state index contributed by atoms with van der Waals surface area (Å²) >= 11 is 1.32. The Kier molecular flexibility index (Phi) is 7.07. The molecule has 0 bridgehead atoms. The van der Waals surface area contributed by atoms with Crippen molar-refractivity contribution in [3.05, 3.63) is 82.3 Å². The van der Waals surface area contributed by atoms with Gasteiger partial charge in [-0.2, -0.15) is 5.26 Å². The van der Waals surface area contributed by atoms with Crippen LogP contribution in [0.4, 0.5) is 9.80 Å². The maximum absolute atomic E-state index is 12.5. The lowest BCUT2D eigenvalue weighted by atomic mass is 10.0. The van der Waals surface area contributed by atoms with Gasteiger partial charge < -0.3 is 15.0 Å². The highest BCUT2D eigenvalue weighted by molar-refractivity contribution is 7.16. The van der Waals surface area contributed by atoms with Gasteiger partial charge in [0.15, 0.2) is 0 Å². The number of anilines is 1. The van der Waals surface area contributed by atoms with Gasteiger partial charge in [0.2, 0.25) is 5.91 Å². The molecule has 0 unspecified atom stereocenters. The van der Waals surface area contributed by atoms with Gasteiger partial charge in [-0.3, -0.25) is 14.8 Å². The average Bonchev–Trinajstić information content (AvgIpc) is 3.20. The van der Waals surface area contributed by atoms with E-state index < -0.39 is 6.09 Å². The Morgan fingerprint density at radius 1 is 1.27 bits per heavy atom. The minimum atomic E-state index is -0.395. The number of pyridine rings is 2. The first-order chi connectivity index (χ1) is 16.1. The second-order valence-electron chi connectivity index (χ2n) is 7.29. The Morgan fingerprint density at radius 2 is 2.18 bits per heavy atom. The first-order valence-corrected chi connectivity index (χ1v) is 11.2. The SMILES string of the molecule is N#Cc1c(NC(=O)C=Cc2cccnc2)sc2c1CCN(C(=O)OCCc1ccccn1)C2. The fourth-order valence-electron chi connectivity index (χ4n) is 3.45. The molecule has 0 radical (unpaired) electrons. The topological polar surface area (TPSA) is 108 Å². The molecule has 1 aliphatic rings. The molecular formula is C24H21N5O3S. The zero-order chi connectivity index (χ0) is 23.0. The molecular weight excluding hydrogens is 438 g/mol. The molecule has 1 N–H and O–H groups in total. The van der Waals surface area contributed by atoms with Crippen LogP contribution in [0.25, 0.3) is 6.08 Å². The number of ether oxygens (including phenoxy) is 1.